The predicted octanol–water partition coefficient (Wildman–Crippen LogP) is 1.22. The molecule has 0 aliphatic heterocycles. The molecule has 0 spiro atoms. The van der Waals surface area contributed by atoms with Crippen molar-refractivity contribution in [1.82, 2.24) is 0 Å². The molecule has 6 nitrogen and oxygen atoms in total. The van der Waals surface area contributed by atoms with Crippen LogP contribution >= 0.6 is 0 Å². The van der Waals surface area contributed by atoms with Crippen molar-refractivity contribution in [3.05, 3.63) is 35.5 Å². The van der Waals surface area contributed by atoms with E-state index in [1.165, 1.54) is 0 Å². The standard InChI is InChI=1S/C10H14N2O4/c13-6-7-15-8-9-16-11-12(14)10-4-2-1-3-5-10/h1-5,13H,6-9H2/b12-11-. The summed E-state index contributed by atoms with van der Waals surface area (Å²) >= 11 is 0. The lowest BCUT2D eigenvalue weighted by Crippen LogP contribution is -2.06. The van der Waals surface area contributed by atoms with Crippen LogP contribution in [0.15, 0.2) is 35.6 Å². The van der Waals surface area contributed by atoms with Crippen molar-refractivity contribution in [2.45, 2.75) is 0 Å². The largest absolute Gasteiger partial charge is 0.592 e. The summed E-state index contributed by atoms with van der Waals surface area (Å²) in [6.07, 6.45) is 0. The van der Waals surface area contributed by atoms with Crippen LogP contribution in [0.2, 0.25) is 0 Å². The summed E-state index contributed by atoms with van der Waals surface area (Å²) in [7, 11) is 0. The average molecular weight is 226 g/mol. The molecule has 0 fully saturated rings. The Balaban J connectivity index is 2.24. The second-order valence-corrected chi connectivity index (χ2v) is 2.86. The van der Waals surface area contributed by atoms with E-state index in [9.17, 15) is 5.21 Å². The first-order valence-electron chi connectivity index (χ1n) is 4.88. The van der Waals surface area contributed by atoms with E-state index in [0.29, 0.717) is 10.5 Å². The molecule has 0 amide bonds. The zero-order valence-corrected chi connectivity index (χ0v) is 8.78. The van der Waals surface area contributed by atoms with Crippen LogP contribution in [0.3, 0.4) is 0 Å². The first-order valence-corrected chi connectivity index (χ1v) is 4.88. The number of benzene rings is 1. The Morgan fingerprint density at radius 2 is 1.94 bits per heavy atom. The van der Waals surface area contributed by atoms with Gasteiger partial charge in [-0.15, -0.1) is 0 Å². The fourth-order valence-electron chi connectivity index (χ4n) is 0.959. The van der Waals surface area contributed by atoms with E-state index in [4.69, 9.17) is 14.7 Å². The number of ether oxygens (including phenoxy) is 1. The second kappa shape index (κ2) is 7.61. The van der Waals surface area contributed by atoms with Crippen LogP contribution in [0.25, 0.3) is 0 Å². The molecule has 6 heteroatoms. The molecule has 0 heterocycles. The number of aliphatic hydroxyl groups is 1. The molecule has 0 radical (unpaired) electrons. The summed E-state index contributed by atoms with van der Waals surface area (Å²) in [4.78, 5) is 5.12. The van der Waals surface area contributed by atoms with Gasteiger partial charge < -0.3 is 19.9 Å². The van der Waals surface area contributed by atoms with Crippen molar-refractivity contribution in [2.75, 3.05) is 26.4 Å². The zero-order valence-electron chi connectivity index (χ0n) is 8.78. The van der Waals surface area contributed by atoms with Gasteiger partial charge in [0.2, 0.25) is 11.0 Å². The Morgan fingerprint density at radius 1 is 1.19 bits per heavy atom. The van der Waals surface area contributed by atoms with Crippen molar-refractivity contribution >= 4 is 5.69 Å². The highest BCUT2D eigenvalue weighted by atomic mass is 16.7. The minimum absolute atomic E-state index is 0.0329. The highest BCUT2D eigenvalue weighted by Gasteiger charge is 2.00. The maximum absolute atomic E-state index is 11.3. The number of hydrogen-bond acceptors (Lipinski definition) is 5. The quantitative estimate of drug-likeness (QED) is 0.328. The molecule has 1 aromatic rings. The Hall–Kier alpha value is -1.66. The van der Waals surface area contributed by atoms with Crippen LogP contribution in [-0.2, 0) is 9.57 Å². The fourth-order valence-corrected chi connectivity index (χ4v) is 0.959. The summed E-state index contributed by atoms with van der Waals surface area (Å²) in [6.45, 7) is 0.677. The number of hydrogen-bond donors (Lipinski definition) is 1. The highest BCUT2D eigenvalue weighted by molar-refractivity contribution is 5.27. The zero-order chi connectivity index (χ0) is 11.6. The number of rotatable bonds is 7. The smallest absolute Gasteiger partial charge is 0.248 e. The third-order valence-electron chi connectivity index (χ3n) is 1.66. The number of para-hydroxylation sites is 1. The minimum atomic E-state index is -0.0329. The van der Waals surface area contributed by atoms with Crippen molar-refractivity contribution < 1.29 is 19.5 Å². The van der Waals surface area contributed by atoms with Gasteiger partial charge in [-0.3, -0.25) is 0 Å². The van der Waals surface area contributed by atoms with Gasteiger partial charge >= 0.3 is 0 Å². The van der Waals surface area contributed by atoms with Crippen molar-refractivity contribution in [1.29, 1.82) is 0 Å². The lowest BCUT2D eigenvalue weighted by Gasteiger charge is -2.00. The lowest BCUT2D eigenvalue weighted by atomic mass is 10.3. The van der Waals surface area contributed by atoms with E-state index >= 15 is 0 Å². The average Bonchev–Trinajstić information content (AvgIpc) is 2.34. The third-order valence-corrected chi connectivity index (χ3v) is 1.66. The molecule has 1 N–H and O–H groups in total. The maximum Gasteiger partial charge on any atom is 0.248 e. The normalized spacial score (nSPS) is 11.4. The summed E-state index contributed by atoms with van der Waals surface area (Å²) in [5.74, 6) is 0. The first kappa shape index (κ1) is 12.4. The summed E-state index contributed by atoms with van der Waals surface area (Å²) < 4.78 is 4.91. The van der Waals surface area contributed by atoms with E-state index in [1.807, 2.05) is 0 Å². The van der Waals surface area contributed by atoms with Gasteiger partial charge in [0.15, 0.2) is 0 Å². The monoisotopic (exact) mass is 226 g/mol. The van der Waals surface area contributed by atoms with Gasteiger partial charge in [0, 0.05) is 12.1 Å². The Bertz CT molecular complexity index is 316. The highest BCUT2D eigenvalue weighted by Crippen LogP contribution is 2.09. The fraction of sp³-hybridized carbons (Fsp3) is 0.400. The molecule has 88 valence electrons. The molecule has 0 saturated carbocycles. The molecular formula is C10H14N2O4. The van der Waals surface area contributed by atoms with E-state index in [0.717, 1.165) is 0 Å². The van der Waals surface area contributed by atoms with Crippen molar-refractivity contribution in [2.24, 2.45) is 5.28 Å². The predicted molar refractivity (Wildman–Crippen MR) is 56.0 cm³/mol. The molecule has 1 aromatic carbocycles. The molecule has 0 atom stereocenters. The van der Waals surface area contributed by atoms with Crippen molar-refractivity contribution in [3.8, 4) is 0 Å². The Morgan fingerprint density at radius 3 is 2.62 bits per heavy atom. The van der Waals surface area contributed by atoms with E-state index in [1.54, 1.807) is 30.3 Å². The van der Waals surface area contributed by atoms with E-state index in [-0.39, 0.29) is 26.4 Å². The van der Waals surface area contributed by atoms with Gasteiger partial charge in [0.1, 0.15) is 6.61 Å². The van der Waals surface area contributed by atoms with Gasteiger partial charge in [0.05, 0.1) is 19.8 Å². The molecule has 1 rings (SSSR count). The van der Waals surface area contributed by atoms with Crippen LogP contribution in [-0.4, -0.2) is 36.4 Å². The minimum Gasteiger partial charge on any atom is -0.592 e. The molecule has 0 saturated heterocycles. The van der Waals surface area contributed by atoms with Crippen LogP contribution in [0.4, 0.5) is 5.69 Å². The second-order valence-electron chi connectivity index (χ2n) is 2.86. The molecule has 0 aliphatic rings. The lowest BCUT2D eigenvalue weighted by molar-refractivity contribution is -0.479. The molecule has 0 aliphatic carbocycles. The van der Waals surface area contributed by atoms with E-state index < -0.39 is 0 Å². The van der Waals surface area contributed by atoms with Crippen LogP contribution < -0.4 is 0 Å². The molecule has 16 heavy (non-hydrogen) atoms. The summed E-state index contributed by atoms with van der Waals surface area (Å²) in [6, 6.07) is 8.53. The van der Waals surface area contributed by atoms with Gasteiger partial charge in [0.25, 0.3) is 0 Å². The number of aliphatic hydroxyl groups excluding tert-OH is 1. The van der Waals surface area contributed by atoms with Gasteiger partial charge in [-0.05, 0) is 4.86 Å². The Labute approximate surface area is 93.3 Å². The number of nitrogens with zero attached hydrogens (tertiary/aromatic N) is 2. The first-order chi connectivity index (χ1) is 7.84. The third kappa shape index (κ3) is 4.72. The SMILES string of the molecule is [O-]/[N+](=N\OCCOCCO)c1ccccc1. The molecule has 0 bridgehead atoms. The molecule has 0 aromatic heterocycles. The van der Waals surface area contributed by atoms with Crippen LogP contribution in [0.5, 0.6) is 0 Å². The van der Waals surface area contributed by atoms with Crippen LogP contribution in [0, 0.1) is 5.21 Å². The van der Waals surface area contributed by atoms with Crippen LogP contribution in [0.1, 0.15) is 0 Å². The summed E-state index contributed by atoms with van der Waals surface area (Å²) in [5, 5.41) is 23.0. The maximum atomic E-state index is 11.3. The summed E-state index contributed by atoms with van der Waals surface area (Å²) in [5.41, 5.74) is 0.402. The topological polar surface area (TPSA) is 77.1 Å². The van der Waals surface area contributed by atoms with Gasteiger partial charge in [-0.2, -0.15) is 0 Å². The van der Waals surface area contributed by atoms with Gasteiger partial charge in [-0.1, -0.05) is 18.2 Å². The molecular weight excluding hydrogens is 212 g/mol. The van der Waals surface area contributed by atoms with Gasteiger partial charge in [-0.25, -0.2) is 0 Å². The van der Waals surface area contributed by atoms with E-state index in [2.05, 4.69) is 5.28 Å². The van der Waals surface area contributed by atoms with Crippen molar-refractivity contribution in [3.63, 3.8) is 0 Å². The Kier molecular flexibility index (Phi) is 5.90. The molecule has 0 unspecified atom stereocenters.